The van der Waals surface area contributed by atoms with Crippen molar-refractivity contribution in [2.24, 2.45) is 0 Å². The fraction of sp³-hybridized carbons (Fsp3) is 0.250. The van der Waals surface area contributed by atoms with Gasteiger partial charge in [-0.3, -0.25) is 0 Å². The van der Waals surface area contributed by atoms with E-state index in [0.29, 0.717) is 19.0 Å². The molecule has 2 N–H and O–H groups in total. The summed E-state index contributed by atoms with van der Waals surface area (Å²) in [7, 11) is 0. The van der Waals surface area contributed by atoms with Crippen LogP contribution in [0.5, 0.6) is 5.75 Å². The number of rotatable bonds is 4. The fourth-order valence-corrected chi connectivity index (χ4v) is 1.57. The molecule has 0 amide bonds. The Balaban J connectivity index is 2.24. The number of anilines is 1. The molecule has 2 aromatic rings. The average Bonchev–Trinajstić information content (AvgIpc) is 2.68. The van der Waals surface area contributed by atoms with Crippen LogP contribution in [0.25, 0.3) is 0 Å². The zero-order valence-electron chi connectivity index (χ0n) is 9.26. The molecule has 0 saturated carbocycles. The highest BCUT2D eigenvalue weighted by atomic mass is 16.5. The van der Waals surface area contributed by atoms with E-state index in [1.807, 2.05) is 31.2 Å². The molecule has 0 saturated heterocycles. The molecule has 1 aromatic heterocycles. The lowest BCUT2D eigenvalue weighted by molar-refractivity contribution is 0.335. The first-order chi connectivity index (χ1) is 7.81. The second-order valence-corrected chi connectivity index (χ2v) is 3.45. The van der Waals surface area contributed by atoms with Crippen molar-refractivity contribution in [3.05, 3.63) is 42.1 Å². The van der Waals surface area contributed by atoms with Gasteiger partial charge in [0, 0.05) is 5.56 Å². The molecule has 0 unspecified atom stereocenters. The third-order valence-electron chi connectivity index (χ3n) is 2.34. The topological polar surface area (TPSA) is 53.1 Å². The van der Waals surface area contributed by atoms with Crippen molar-refractivity contribution < 1.29 is 4.74 Å². The maximum Gasteiger partial charge on any atom is 0.124 e. The Labute approximate surface area is 94.6 Å². The first-order valence-corrected chi connectivity index (χ1v) is 5.29. The van der Waals surface area contributed by atoms with Gasteiger partial charge in [0.05, 0.1) is 19.3 Å². The third-order valence-corrected chi connectivity index (χ3v) is 2.34. The van der Waals surface area contributed by atoms with Gasteiger partial charge in [0.25, 0.3) is 0 Å². The monoisotopic (exact) mass is 217 g/mol. The van der Waals surface area contributed by atoms with Crippen LogP contribution in [-0.2, 0) is 6.54 Å². The molecule has 0 bridgehead atoms. The summed E-state index contributed by atoms with van der Waals surface area (Å²) in [4.78, 5) is 0. The summed E-state index contributed by atoms with van der Waals surface area (Å²) in [5.74, 6) is 1.55. The lowest BCUT2D eigenvalue weighted by Crippen LogP contribution is -2.07. The van der Waals surface area contributed by atoms with Crippen LogP contribution in [0.4, 0.5) is 5.82 Å². The summed E-state index contributed by atoms with van der Waals surface area (Å²) in [6.45, 7) is 3.26. The van der Waals surface area contributed by atoms with Gasteiger partial charge in [0.15, 0.2) is 0 Å². The van der Waals surface area contributed by atoms with Crippen LogP contribution < -0.4 is 10.5 Å². The first-order valence-electron chi connectivity index (χ1n) is 5.29. The smallest absolute Gasteiger partial charge is 0.124 e. The fourth-order valence-electron chi connectivity index (χ4n) is 1.57. The standard InChI is InChI=1S/C12H15N3O/c1-2-16-11-6-4-3-5-10(11)9-15-12(13)7-8-14-15/h3-8H,2,9,13H2,1H3. The molecule has 1 aromatic carbocycles. The molecule has 0 atom stereocenters. The number of nitrogen functional groups attached to an aromatic ring is 1. The van der Waals surface area contributed by atoms with Crippen molar-refractivity contribution in [2.45, 2.75) is 13.5 Å². The van der Waals surface area contributed by atoms with E-state index in [0.717, 1.165) is 11.3 Å². The SMILES string of the molecule is CCOc1ccccc1Cn1nccc1N. The number of hydrogen-bond donors (Lipinski definition) is 1. The van der Waals surface area contributed by atoms with Gasteiger partial charge in [-0.05, 0) is 19.1 Å². The maximum atomic E-state index is 5.77. The Bertz CT molecular complexity index is 465. The van der Waals surface area contributed by atoms with Crippen molar-refractivity contribution >= 4 is 5.82 Å². The van der Waals surface area contributed by atoms with Crippen molar-refractivity contribution in [1.82, 2.24) is 9.78 Å². The van der Waals surface area contributed by atoms with Gasteiger partial charge in [0.2, 0.25) is 0 Å². The number of aromatic nitrogens is 2. The molecule has 0 aliphatic carbocycles. The van der Waals surface area contributed by atoms with E-state index in [4.69, 9.17) is 10.5 Å². The van der Waals surface area contributed by atoms with E-state index in [1.165, 1.54) is 0 Å². The molecule has 4 heteroatoms. The molecule has 0 aliphatic rings. The van der Waals surface area contributed by atoms with E-state index in [-0.39, 0.29) is 0 Å². The van der Waals surface area contributed by atoms with E-state index >= 15 is 0 Å². The summed E-state index contributed by atoms with van der Waals surface area (Å²) >= 11 is 0. The highest BCUT2D eigenvalue weighted by Crippen LogP contribution is 2.19. The molecule has 0 spiro atoms. The molecule has 0 fully saturated rings. The minimum absolute atomic E-state index is 0.634. The molecule has 0 radical (unpaired) electrons. The summed E-state index contributed by atoms with van der Waals surface area (Å²) in [5, 5.41) is 4.15. The molecular weight excluding hydrogens is 202 g/mol. The number of nitrogens with two attached hydrogens (primary N) is 1. The molecule has 4 nitrogen and oxygen atoms in total. The van der Waals surface area contributed by atoms with Gasteiger partial charge in [-0.25, -0.2) is 4.68 Å². The zero-order chi connectivity index (χ0) is 11.4. The number of para-hydroxylation sites is 1. The average molecular weight is 217 g/mol. The molecule has 0 aliphatic heterocycles. The summed E-state index contributed by atoms with van der Waals surface area (Å²) in [6, 6.07) is 9.70. The predicted octanol–water partition coefficient (Wildman–Crippen LogP) is 1.91. The van der Waals surface area contributed by atoms with Gasteiger partial charge < -0.3 is 10.5 Å². The zero-order valence-corrected chi connectivity index (χ0v) is 9.26. The van der Waals surface area contributed by atoms with Gasteiger partial charge in [-0.2, -0.15) is 5.10 Å². The Morgan fingerprint density at radius 3 is 2.81 bits per heavy atom. The number of benzene rings is 1. The van der Waals surface area contributed by atoms with Crippen LogP contribution in [0.3, 0.4) is 0 Å². The highest BCUT2D eigenvalue weighted by molar-refractivity contribution is 5.35. The van der Waals surface area contributed by atoms with Gasteiger partial charge in [0.1, 0.15) is 11.6 Å². The van der Waals surface area contributed by atoms with Gasteiger partial charge in [-0.15, -0.1) is 0 Å². The van der Waals surface area contributed by atoms with E-state index in [2.05, 4.69) is 5.10 Å². The molecule has 84 valence electrons. The van der Waals surface area contributed by atoms with Crippen molar-refractivity contribution in [3.8, 4) is 5.75 Å². The summed E-state index contributed by atoms with van der Waals surface area (Å²) in [5.41, 5.74) is 6.86. The van der Waals surface area contributed by atoms with Crippen LogP contribution in [0.15, 0.2) is 36.5 Å². The number of hydrogen-bond acceptors (Lipinski definition) is 3. The predicted molar refractivity (Wildman–Crippen MR) is 63.4 cm³/mol. The first kappa shape index (κ1) is 10.5. The lowest BCUT2D eigenvalue weighted by atomic mass is 10.2. The van der Waals surface area contributed by atoms with Crippen molar-refractivity contribution in [2.75, 3.05) is 12.3 Å². The second-order valence-electron chi connectivity index (χ2n) is 3.45. The van der Waals surface area contributed by atoms with E-state index in [1.54, 1.807) is 16.9 Å². The minimum atomic E-state index is 0.634. The van der Waals surface area contributed by atoms with Crippen LogP contribution in [-0.4, -0.2) is 16.4 Å². The van der Waals surface area contributed by atoms with Crippen molar-refractivity contribution in [1.29, 1.82) is 0 Å². The molecule has 2 rings (SSSR count). The van der Waals surface area contributed by atoms with Gasteiger partial charge in [-0.1, -0.05) is 18.2 Å². The Morgan fingerprint density at radius 2 is 2.12 bits per heavy atom. The Hall–Kier alpha value is -1.97. The van der Waals surface area contributed by atoms with Crippen LogP contribution in [0, 0.1) is 0 Å². The number of ether oxygens (including phenoxy) is 1. The number of nitrogens with zero attached hydrogens (tertiary/aromatic N) is 2. The summed E-state index contributed by atoms with van der Waals surface area (Å²) < 4.78 is 7.29. The molecule has 16 heavy (non-hydrogen) atoms. The third kappa shape index (κ3) is 2.16. The Kier molecular flexibility index (Phi) is 3.10. The minimum Gasteiger partial charge on any atom is -0.494 e. The largest absolute Gasteiger partial charge is 0.494 e. The maximum absolute atomic E-state index is 5.77. The van der Waals surface area contributed by atoms with Crippen molar-refractivity contribution in [3.63, 3.8) is 0 Å². The normalized spacial score (nSPS) is 10.3. The van der Waals surface area contributed by atoms with E-state index < -0.39 is 0 Å². The second kappa shape index (κ2) is 4.70. The quantitative estimate of drug-likeness (QED) is 0.851. The van der Waals surface area contributed by atoms with Crippen LogP contribution >= 0.6 is 0 Å². The van der Waals surface area contributed by atoms with E-state index in [9.17, 15) is 0 Å². The lowest BCUT2D eigenvalue weighted by Gasteiger charge is -2.10. The van der Waals surface area contributed by atoms with Crippen LogP contribution in [0.2, 0.25) is 0 Å². The summed E-state index contributed by atoms with van der Waals surface area (Å²) in [6.07, 6.45) is 1.69. The Morgan fingerprint density at radius 1 is 1.31 bits per heavy atom. The van der Waals surface area contributed by atoms with Crippen LogP contribution in [0.1, 0.15) is 12.5 Å². The highest BCUT2D eigenvalue weighted by Gasteiger charge is 2.05. The van der Waals surface area contributed by atoms with Gasteiger partial charge >= 0.3 is 0 Å². The molecular formula is C12H15N3O. The molecule has 1 heterocycles.